The van der Waals surface area contributed by atoms with Crippen LogP contribution in [0.4, 0.5) is 0 Å². The predicted octanol–water partition coefficient (Wildman–Crippen LogP) is 1.24. The number of likely N-dealkylation sites (tertiary alicyclic amines) is 1. The van der Waals surface area contributed by atoms with Crippen molar-refractivity contribution in [3.63, 3.8) is 0 Å². The summed E-state index contributed by atoms with van der Waals surface area (Å²) in [7, 11) is 1.61. The van der Waals surface area contributed by atoms with E-state index in [0.29, 0.717) is 25.9 Å². The molecule has 0 spiro atoms. The number of amides is 1. The summed E-state index contributed by atoms with van der Waals surface area (Å²) < 4.78 is 5.23. The van der Waals surface area contributed by atoms with Crippen LogP contribution in [-0.4, -0.2) is 42.4 Å². The summed E-state index contributed by atoms with van der Waals surface area (Å²) in [6, 6.07) is 0. The number of rotatable bonds is 3. The fourth-order valence-corrected chi connectivity index (χ4v) is 1.79. The van der Waals surface area contributed by atoms with Crippen LogP contribution in [0.2, 0.25) is 0 Å². The molecule has 92 valence electrons. The van der Waals surface area contributed by atoms with E-state index in [-0.39, 0.29) is 17.6 Å². The first kappa shape index (κ1) is 13.2. The highest BCUT2D eigenvalue weighted by molar-refractivity contribution is 5.85. The number of ketones is 1. The Balaban J connectivity index is 2.53. The van der Waals surface area contributed by atoms with Crippen LogP contribution in [0.3, 0.4) is 0 Å². The zero-order valence-electron chi connectivity index (χ0n) is 10.6. The van der Waals surface area contributed by atoms with E-state index in [1.54, 1.807) is 12.0 Å². The van der Waals surface area contributed by atoms with Gasteiger partial charge in [-0.05, 0) is 13.8 Å². The normalized spacial score (nSPS) is 22.4. The van der Waals surface area contributed by atoms with Crippen molar-refractivity contribution in [1.82, 2.24) is 4.90 Å². The van der Waals surface area contributed by atoms with Crippen LogP contribution in [0.25, 0.3) is 0 Å². The predicted molar refractivity (Wildman–Crippen MR) is 61.1 cm³/mol. The molecule has 0 saturated carbocycles. The van der Waals surface area contributed by atoms with Crippen molar-refractivity contribution in [2.45, 2.75) is 39.2 Å². The Bertz CT molecular complexity index is 286. The summed E-state index contributed by atoms with van der Waals surface area (Å²) in [5.74, 6) is 0.310. The molecule has 0 bridgehead atoms. The van der Waals surface area contributed by atoms with Crippen molar-refractivity contribution >= 4 is 11.7 Å². The minimum Gasteiger partial charge on any atom is -0.378 e. The van der Waals surface area contributed by atoms with Gasteiger partial charge in [-0.2, -0.15) is 0 Å². The van der Waals surface area contributed by atoms with Crippen LogP contribution in [0, 0.1) is 5.92 Å². The van der Waals surface area contributed by atoms with Crippen LogP contribution in [0.1, 0.15) is 33.6 Å². The lowest BCUT2D eigenvalue weighted by Gasteiger charge is -2.32. The van der Waals surface area contributed by atoms with Crippen LogP contribution in [-0.2, 0) is 14.3 Å². The first-order valence-corrected chi connectivity index (χ1v) is 5.71. The molecule has 16 heavy (non-hydrogen) atoms. The number of carbonyl (C=O) groups excluding carboxylic acids is 2. The Morgan fingerprint density at radius 2 is 2.19 bits per heavy atom. The van der Waals surface area contributed by atoms with Gasteiger partial charge in [0.1, 0.15) is 5.78 Å². The molecule has 1 rings (SSSR count). The number of methoxy groups -OCH3 is 1. The molecule has 4 nitrogen and oxygen atoms in total. The van der Waals surface area contributed by atoms with E-state index < -0.39 is 5.60 Å². The fraction of sp³-hybridized carbons (Fsp3) is 0.833. The van der Waals surface area contributed by atoms with Gasteiger partial charge >= 0.3 is 0 Å². The first-order chi connectivity index (χ1) is 7.35. The quantitative estimate of drug-likeness (QED) is 0.728. The van der Waals surface area contributed by atoms with E-state index in [9.17, 15) is 9.59 Å². The van der Waals surface area contributed by atoms with E-state index in [0.717, 1.165) is 0 Å². The highest BCUT2D eigenvalue weighted by atomic mass is 16.5. The minimum atomic E-state index is -0.429. The average molecular weight is 227 g/mol. The average Bonchev–Trinajstić information content (AvgIpc) is 2.21. The lowest BCUT2D eigenvalue weighted by atomic mass is 9.97. The van der Waals surface area contributed by atoms with Crippen LogP contribution >= 0.6 is 0 Å². The van der Waals surface area contributed by atoms with Gasteiger partial charge in [0.2, 0.25) is 5.91 Å². The smallest absolute Gasteiger partial charge is 0.225 e. The molecule has 1 atom stereocenters. The summed E-state index contributed by atoms with van der Waals surface area (Å²) in [4.78, 5) is 25.1. The third kappa shape index (κ3) is 3.30. The second-order valence-electron chi connectivity index (χ2n) is 5.10. The molecule has 1 fully saturated rings. The van der Waals surface area contributed by atoms with Gasteiger partial charge in [0.15, 0.2) is 0 Å². The number of hydrogen-bond acceptors (Lipinski definition) is 3. The zero-order valence-corrected chi connectivity index (χ0v) is 10.6. The molecule has 0 aliphatic carbocycles. The van der Waals surface area contributed by atoms with Gasteiger partial charge < -0.3 is 9.64 Å². The molecule has 0 aromatic rings. The Kier molecular flexibility index (Phi) is 4.08. The van der Waals surface area contributed by atoms with Gasteiger partial charge in [-0.25, -0.2) is 0 Å². The molecule has 1 unspecified atom stereocenters. The van der Waals surface area contributed by atoms with E-state index in [2.05, 4.69) is 0 Å². The monoisotopic (exact) mass is 227 g/mol. The molecule has 0 N–H and O–H groups in total. The summed E-state index contributed by atoms with van der Waals surface area (Å²) in [6.45, 7) is 6.77. The van der Waals surface area contributed by atoms with Gasteiger partial charge in [0, 0.05) is 32.5 Å². The Morgan fingerprint density at radius 3 is 2.69 bits per heavy atom. The number of carbonyl (C=O) groups is 2. The zero-order chi connectivity index (χ0) is 12.3. The maximum absolute atomic E-state index is 12.0. The van der Waals surface area contributed by atoms with Crippen molar-refractivity contribution in [2.24, 2.45) is 5.92 Å². The maximum Gasteiger partial charge on any atom is 0.225 e. The summed E-state index contributed by atoms with van der Waals surface area (Å²) >= 11 is 0. The Hall–Kier alpha value is -0.900. The molecular formula is C12H21NO3. The molecule has 1 aliphatic heterocycles. The molecule has 0 radical (unpaired) electrons. The molecule has 4 heteroatoms. The van der Waals surface area contributed by atoms with Crippen molar-refractivity contribution < 1.29 is 14.3 Å². The van der Waals surface area contributed by atoms with E-state index in [1.165, 1.54) is 0 Å². The lowest BCUT2D eigenvalue weighted by molar-refractivity contribution is -0.140. The van der Waals surface area contributed by atoms with E-state index in [4.69, 9.17) is 4.74 Å². The number of hydrogen-bond donors (Lipinski definition) is 0. The maximum atomic E-state index is 12.0. The van der Waals surface area contributed by atoms with Crippen molar-refractivity contribution in [3.8, 4) is 0 Å². The summed E-state index contributed by atoms with van der Waals surface area (Å²) in [5.41, 5.74) is -0.429. The lowest BCUT2D eigenvalue weighted by Crippen LogP contribution is -2.45. The number of ether oxygens (including phenoxy) is 1. The highest BCUT2D eigenvalue weighted by Crippen LogP contribution is 2.18. The molecule has 1 saturated heterocycles. The molecule has 1 amide bonds. The second-order valence-corrected chi connectivity index (χ2v) is 5.10. The van der Waals surface area contributed by atoms with Gasteiger partial charge in [-0.1, -0.05) is 6.92 Å². The third-order valence-electron chi connectivity index (χ3n) is 3.15. The molecule has 1 aliphatic rings. The second kappa shape index (κ2) is 4.95. The van der Waals surface area contributed by atoms with Crippen LogP contribution < -0.4 is 0 Å². The van der Waals surface area contributed by atoms with Gasteiger partial charge in [-0.15, -0.1) is 0 Å². The minimum absolute atomic E-state index is 0.0247. The highest BCUT2D eigenvalue weighted by Gasteiger charge is 2.30. The van der Waals surface area contributed by atoms with Crippen molar-refractivity contribution in [2.75, 3.05) is 20.2 Å². The topological polar surface area (TPSA) is 46.6 Å². The summed E-state index contributed by atoms with van der Waals surface area (Å²) in [6.07, 6.45) is 0.852. The molecule has 0 aromatic carbocycles. The van der Waals surface area contributed by atoms with Crippen molar-refractivity contribution in [1.29, 1.82) is 0 Å². The third-order valence-corrected chi connectivity index (χ3v) is 3.15. The number of piperidine rings is 1. The number of Topliss-reactive ketones (excluding diaryl/α,β-unsaturated/α-hetero) is 1. The Morgan fingerprint density at radius 1 is 1.56 bits per heavy atom. The van der Waals surface area contributed by atoms with E-state index in [1.807, 2.05) is 20.8 Å². The largest absolute Gasteiger partial charge is 0.378 e. The van der Waals surface area contributed by atoms with Crippen LogP contribution in [0.5, 0.6) is 0 Å². The molecule has 0 aromatic heterocycles. The van der Waals surface area contributed by atoms with Crippen LogP contribution in [0.15, 0.2) is 0 Å². The van der Waals surface area contributed by atoms with Gasteiger partial charge in [0.05, 0.1) is 12.0 Å². The fourth-order valence-electron chi connectivity index (χ4n) is 1.79. The van der Waals surface area contributed by atoms with Crippen molar-refractivity contribution in [3.05, 3.63) is 0 Å². The Labute approximate surface area is 96.9 Å². The molecule has 1 heterocycles. The SMILES string of the molecule is COC(C)(C)CC(=O)N1CCC(=O)C(C)C1. The van der Waals surface area contributed by atoms with E-state index >= 15 is 0 Å². The first-order valence-electron chi connectivity index (χ1n) is 5.71. The molecular weight excluding hydrogens is 206 g/mol. The summed E-state index contributed by atoms with van der Waals surface area (Å²) in [5, 5.41) is 0. The van der Waals surface area contributed by atoms with Gasteiger partial charge in [0.25, 0.3) is 0 Å². The standard InChI is InChI=1S/C12H21NO3/c1-9-8-13(6-5-10(9)14)11(15)7-12(2,3)16-4/h9H,5-8H2,1-4H3. The number of nitrogens with zero attached hydrogens (tertiary/aromatic N) is 1. The van der Waals surface area contributed by atoms with Gasteiger partial charge in [-0.3, -0.25) is 9.59 Å².